The molecule has 0 spiro atoms. The number of ether oxygens (including phenoxy) is 4. The predicted molar refractivity (Wildman–Crippen MR) is 347 cm³/mol. The lowest BCUT2D eigenvalue weighted by atomic mass is 9.98. The molecular weight excluding hydrogens is 1090 g/mol. The van der Waals surface area contributed by atoms with E-state index in [4.69, 9.17) is 24.7 Å². The minimum Gasteiger partial charge on any atom is -0.497 e. The van der Waals surface area contributed by atoms with E-state index in [0.29, 0.717) is 48.4 Å². The fourth-order valence-corrected chi connectivity index (χ4v) is 10.2. The van der Waals surface area contributed by atoms with Gasteiger partial charge in [-0.05, 0) is 198 Å². The standard InChI is InChI=1S/C37H38N2O4.C29H29NO4.C8H11NO/c1-24-25(2)39(34-20-17-29(21-33(24)34)35(40)38-22-26-13-18-30(42-6)19-14-26)23-27-11-15-28(16-12-27)31-9-7-8-10-32(31)36(41)43-37(3,4)5;1-18-19(2)30(26-15-14-22(27(31)32)16-25(18)26)17-20-10-12-21(13-11-20)23-8-6-7-9-24(23)28(33)34-29(3,4)5;1-10-8-4-2-7(6-9)3-5-8/h7-21H,22-23H2,1-6H3,(H,38,40);6-16H,17H2,1-5H3,(H,31,32);2-5H,6,9H2,1H3. The van der Waals surface area contributed by atoms with Crippen LogP contribution in [0.25, 0.3) is 44.1 Å². The van der Waals surface area contributed by atoms with Crippen molar-refractivity contribution in [2.24, 2.45) is 5.73 Å². The summed E-state index contributed by atoms with van der Waals surface area (Å²) in [6.07, 6.45) is 0. The number of nitrogens with zero attached hydrogens (tertiary/aromatic N) is 2. The van der Waals surface area contributed by atoms with E-state index in [0.717, 1.165) is 100 Å². The number of carbonyl (C=O) groups is 4. The van der Waals surface area contributed by atoms with Crippen molar-refractivity contribution in [1.82, 2.24) is 14.5 Å². The maximum absolute atomic E-state index is 13.0. The van der Waals surface area contributed by atoms with Crippen LogP contribution < -0.4 is 20.5 Å². The average molecular weight is 1170 g/mol. The van der Waals surface area contributed by atoms with Gasteiger partial charge in [0.05, 0.1) is 30.9 Å². The largest absolute Gasteiger partial charge is 0.497 e. The molecule has 0 aliphatic rings. The molecule has 0 saturated carbocycles. The number of aryl methyl sites for hydroxylation is 2. The van der Waals surface area contributed by atoms with Crippen molar-refractivity contribution in [1.29, 1.82) is 0 Å². The zero-order valence-electron chi connectivity index (χ0n) is 51.8. The highest BCUT2D eigenvalue weighted by Crippen LogP contribution is 2.32. The monoisotopic (exact) mass is 1170 g/mol. The van der Waals surface area contributed by atoms with Crippen LogP contribution in [0.2, 0.25) is 0 Å². The Kier molecular flexibility index (Phi) is 20.0. The number of nitrogens with one attached hydrogen (secondary N) is 1. The minimum absolute atomic E-state index is 0.107. The molecule has 448 valence electrons. The van der Waals surface area contributed by atoms with Crippen molar-refractivity contribution in [3.63, 3.8) is 0 Å². The zero-order chi connectivity index (χ0) is 62.7. The SMILES string of the molecule is COc1ccc(CN)cc1.COc1ccc(CNC(=O)c2ccc3c(c2)c(C)c(C)n3Cc2ccc(-c3ccccc3C(=O)OC(C)(C)C)cc2)cc1.Cc1c(C)n(Cc2ccc(-c3ccccc3C(=O)OC(C)(C)C)cc2)c2ccc(C(=O)O)cc12. The van der Waals surface area contributed by atoms with Crippen LogP contribution in [0.5, 0.6) is 11.5 Å². The first-order chi connectivity index (χ1) is 41.4. The van der Waals surface area contributed by atoms with Gasteiger partial charge < -0.3 is 44.2 Å². The topological polar surface area (TPSA) is 173 Å². The van der Waals surface area contributed by atoms with E-state index in [9.17, 15) is 24.3 Å². The summed E-state index contributed by atoms with van der Waals surface area (Å²) in [5.74, 6) is -0.0324. The Morgan fingerprint density at radius 3 is 1.25 bits per heavy atom. The number of benzene rings is 8. The Morgan fingerprint density at radius 1 is 0.483 bits per heavy atom. The number of esters is 2. The summed E-state index contributed by atoms with van der Waals surface area (Å²) in [6, 6.07) is 58.1. The average Bonchev–Trinajstić information content (AvgIpc) is 2.04. The Hall–Kier alpha value is -9.72. The summed E-state index contributed by atoms with van der Waals surface area (Å²) < 4.78 is 25.9. The number of hydrogen-bond acceptors (Lipinski definition) is 9. The highest BCUT2D eigenvalue weighted by molar-refractivity contribution is 6.00. The second-order valence-electron chi connectivity index (χ2n) is 23.4. The van der Waals surface area contributed by atoms with Crippen molar-refractivity contribution >= 4 is 45.6 Å². The van der Waals surface area contributed by atoms with Crippen molar-refractivity contribution in [3.05, 3.63) is 249 Å². The molecule has 0 fully saturated rings. The second kappa shape index (κ2) is 27.5. The summed E-state index contributed by atoms with van der Waals surface area (Å²) in [5.41, 5.74) is 20.9. The van der Waals surface area contributed by atoms with Gasteiger partial charge in [-0.2, -0.15) is 0 Å². The van der Waals surface area contributed by atoms with E-state index < -0.39 is 17.2 Å². The molecule has 87 heavy (non-hydrogen) atoms. The van der Waals surface area contributed by atoms with Crippen LogP contribution in [0.4, 0.5) is 0 Å². The molecule has 0 atom stereocenters. The summed E-state index contributed by atoms with van der Waals surface area (Å²) in [6.45, 7) is 21.9. The van der Waals surface area contributed by atoms with Gasteiger partial charge in [-0.1, -0.05) is 109 Å². The lowest BCUT2D eigenvalue weighted by molar-refractivity contribution is 0.00578. The quantitative estimate of drug-likeness (QED) is 0.0839. The molecule has 13 nitrogen and oxygen atoms in total. The van der Waals surface area contributed by atoms with Crippen molar-refractivity contribution < 1.29 is 43.2 Å². The highest BCUT2D eigenvalue weighted by Gasteiger charge is 2.23. The fourth-order valence-electron chi connectivity index (χ4n) is 10.2. The number of aromatic nitrogens is 2. The number of carboxylic acids is 1. The number of carboxylic acid groups (broad SMARTS) is 1. The van der Waals surface area contributed by atoms with E-state index >= 15 is 0 Å². The highest BCUT2D eigenvalue weighted by atomic mass is 16.6. The fraction of sp³-hybridized carbons (Fsp3) is 0.243. The summed E-state index contributed by atoms with van der Waals surface area (Å²) in [4.78, 5) is 50.0. The van der Waals surface area contributed by atoms with Crippen LogP contribution in [0, 0.1) is 27.7 Å². The van der Waals surface area contributed by atoms with Crippen LogP contribution in [0.15, 0.2) is 182 Å². The third-order valence-electron chi connectivity index (χ3n) is 15.1. The number of amides is 1. The van der Waals surface area contributed by atoms with Crippen molar-refractivity contribution in [2.45, 2.75) is 107 Å². The summed E-state index contributed by atoms with van der Waals surface area (Å²) >= 11 is 0. The van der Waals surface area contributed by atoms with Gasteiger partial charge in [0.1, 0.15) is 22.7 Å². The van der Waals surface area contributed by atoms with Crippen LogP contribution in [-0.2, 0) is 35.7 Å². The normalized spacial score (nSPS) is 11.2. The number of hydrogen-bond donors (Lipinski definition) is 3. The van der Waals surface area contributed by atoms with E-state index in [2.05, 4.69) is 71.6 Å². The van der Waals surface area contributed by atoms with Gasteiger partial charge in [0.15, 0.2) is 0 Å². The Bertz CT molecular complexity index is 4040. The van der Waals surface area contributed by atoms with Gasteiger partial charge in [0.25, 0.3) is 5.91 Å². The molecule has 0 unspecified atom stereocenters. The maximum Gasteiger partial charge on any atom is 0.339 e. The molecule has 0 saturated heterocycles. The van der Waals surface area contributed by atoms with E-state index in [1.807, 2.05) is 176 Å². The van der Waals surface area contributed by atoms with E-state index in [1.165, 1.54) is 0 Å². The first kappa shape index (κ1) is 63.3. The number of methoxy groups -OCH3 is 2. The van der Waals surface area contributed by atoms with Crippen LogP contribution in [-0.4, -0.2) is 63.5 Å². The number of rotatable bonds is 15. The third kappa shape index (κ3) is 15.8. The van der Waals surface area contributed by atoms with Crippen molar-refractivity contribution in [2.75, 3.05) is 14.2 Å². The minimum atomic E-state index is -0.922. The predicted octanol–water partition coefficient (Wildman–Crippen LogP) is 15.6. The molecule has 8 aromatic carbocycles. The number of aromatic carboxylic acids is 1. The summed E-state index contributed by atoms with van der Waals surface area (Å²) in [7, 11) is 3.29. The number of nitrogens with two attached hydrogens (primary N) is 1. The molecular formula is C74H78N4O9. The first-order valence-corrected chi connectivity index (χ1v) is 29.0. The van der Waals surface area contributed by atoms with E-state index in [1.54, 1.807) is 32.4 Å². The molecule has 0 aliphatic heterocycles. The van der Waals surface area contributed by atoms with Crippen LogP contribution >= 0.6 is 0 Å². The lowest BCUT2D eigenvalue weighted by Crippen LogP contribution is -2.24. The Balaban J connectivity index is 0.000000198. The maximum atomic E-state index is 13.0. The molecule has 0 radical (unpaired) electrons. The van der Waals surface area contributed by atoms with Gasteiger partial charge in [-0.25, -0.2) is 14.4 Å². The van der Waals surface area contributed by atoms with Gasteiger partial charge in [0, 0.05) is 64.9 Å². The molecule has 2 heterocycles. The van der Waals surface area contributed by atoms with Gasteiger partial charge >= 0.3 is 17.9 Å². The van der Waals surface area contributed by atoms with E-state index in [-0.39, 0.29) is 17.8 Å². The van der Waals surface area contributed by atoms with Gasteiger partial charge in [-0.15, -0.1) is 0 Å². The second-order valence-corrected chi connectivity index (χ2v) is 23.4. The molecule has 4 N–H and O–H groups in total. The molecule has 1 amide bonds. The Morgan fingerprint density at radius 2 is 0.862 bits per heavy atom. The van der Waals surface area contributed by atoms with Crippen LogP contribution in [0.3, 0.4) is 0 Å². The zero-order valence-corrected chi connectivity index (χ0v) is 51.8. The molecule has 2 aromatic heterocycles. The smallest absolute Gasteiger partial charge is 0.339 e. The van der Waals surface area contributed by atoms with Gasteiger partial charge in [-0.3, -0.25) is 4.79 Å². The first-order valence-electron chi connectivity index (χ1n) is 29.0. The molecule has 0 aliphatic carbocycles. The number of fused-ring (bicyclic) bond motifs is 2. The molecule has 10 aromatic rings. The van der Waals surface area contributed by atoms with Crippen LogP contribution in [0.1, 0.15) is 128 Å². The molecule has 13 heteroatoms. The molecule has 0 bridgehead atoms. The lowest BCUT2D eigenvalue weighted by Gasteiger charge is -2.20. The number of carbonyl (C=O) groups excluding carboxylic acids is 3. The van der Waals surface area contributed by atoms with Crippen molar-refractivity contribution in [3.8, 4) is 33.8 Å². The third-order valence-corrected chi connectivity index (χ3v) is 15.1. The molecule has 10 rings (SSSR count). The Labute approximate surface area is 510 Å². The summed E-state index contributed by atoms with van der Waals surface area (Å²) in [5, 5.41) is 14.4. The van der Waals surface area contributed by atoms with Gasteiger partial charge in [0.2, 0.25) is 0 Å².